The maximum absolute atomic E-state index is 4.84. The van der Waals surface area contributed by atoms with Gasteiger partial charge in [0.25, 0.3) is 0 Å². The molecule has 0 radical (unpaired) electrons. The average molecular weight is 532 g/mol. The zero-order valence-corrected chi connectivity index (χ0v) is 22.7. The quantitative estimate of drug-likeness (QED) is 0.260. The molecule has 2 atom stereocenters. The molecular formula is C32H28N2Zr. The Morgan fingerprint density at radius 1 is 0.600 bits per heavy atom. The van der Waals surface area contributed by atoms with Crippen molar-refractivity contribution in [2.75, 3.05) is 0 Å². The molecule has 170 valence electrons. The number of allylic oxidation sites excluding steroid dienone is 2. The van der Waals surface area contributed by atoms with Crippen molar-refractivity contribution in [1.29, 1.82) is 0 Å². The minimum atomic E-state index is -1.12. The predicted molar refractivity (Wildman–Crippen MR) is 140 cm³/mol. The third-order valence-corrected chi connectivity index (χ3v) is 10.9. The van der Waals surface area contributed by atoms with E-state index in [0.717, 1.165) is 12.8 Å². The number of aryl methyl sites for hydroxylation is 2. The van der Waals surface area contributed by atoms with E-state index < -0.39 is 23.2 Å². The first-order valence-corrected chi connectivity index (χ1v) is 15.0. The molecule has 4 aromatic rings. The van der Waals surface area contributed by atoms with Crippen molar-refractivity contribution in [1.82, 2.24) is 9.97 Å². The van der Waals surface area contributed by atoms with E-state index >= 15 is 0 Å². The Labute approximate surface area is 219 Å². The normalized spacial score (nSPS) is 18.0. The summed E-state index contributed by atoms with van der Waals surface area (Å²) in [6.45, 7) is 4.52. The summed E-state index contributed by atoms with van der Waals surface area (Å²) in [5, 5.41) is 0. The Bertz CT molecular complexity index is 1330. The summed E-state index contributed by atoms with van der Waals surface area (Å²) >= 11 is -1.12. The molecule has 2 aliphatic carbocycles. The second-order valence-electron chi connectivity index (χ2n) is 9.25. The fraction of sp³-hybridized carbons (Fsp3) is 0.188. The zero-order chi connectivity index (χ0) is 23.8. The van der Waals surface area contributed by atoms with Crippen LogP contribution < -0.4 is 0 Å². The van der Waals surface area contributed by atoms with Gasteiger partial charge in [-0.2, -0.15) is 0 Å². The Hall–Kier alpha value is -2.90. The first-order chi connectivity index (χ1) is 17.3. The Morgan fingerprint density at radius 2 is 1.09 bits per heavy atom. The molecule has 0 amide bonds. The average Bonchev–Trinajstić information content (AvgIpc) is 3.47. The van der Waals surface area contributed by atoms with E-state index in [1.54, 1.807) is 6.56 Å². The molecule has 2 aliphatic rings. The van der Waals surface area contributed by atoms with E-state index in [1.165, 1.54) is 44.8 Å². The number of rotatable bonds is 6. The summed E-state index contributed by atoms with van der Waals surface area (Å²) in [6, 6.07) is 26.4. The van der Waals surface area contributed by atoms with Gasteiger partial charge in [-0.25, -0.2) is 0 Å². The third-order valence-electron chi connectivity index (χ3n) is 7.32. The molecule has 0 bridgehead atoms. The molecule has 35 heavy (non-hydrogen) atoms. The first kappa shape index (κ1) is 22.6. The molecule has 6 rings (SSSR count). The molecule has 2 heterocycles. The van der Waals surface area contributed by atoms with Crippen LogP contribution in [0.2, 0.25) is 0 Å². The molecule has 3 heteroatoms. The molecule has 0 spiro atoms. The van der Waals surface area contributed by atoms with Gasteiger partial charge in [0.15, 0.2) is 0 Å². The van der Waals surface area contributed by atoms with Crippen molar-refractivity contribution >= 4 is 12.2 Å². The van der Waals surface area contributed by atoms with Crippen LogP contribution in [-0.2, 0) is 36.1 Å². The molecule has 0 aliphatic heterocycles. The predicted octanol–water partition coefficient (Wildman–Crippen LogP) is 7.36. The van der Waals surface area contributed by atoms with E-state index in [4.69, 9.17) is 9.97 Å². The van der Waals surface area contributed by atoms with Gasteiger partial charge in [-0.05, 0) is 0 Å². The number of hydrogen-bond acceptors (Lipinski definition) is 2. The summed E-state index contributed by atoms with van der Waals surface area (Å²) in [7, 11) is 0. The van der Waals surface area contributed by atoms with E-state index in [0.29, 0.717) is 0 Å². The number of benzene rings is 2. The van der Waals surface area contributed by atoms with Crippen LogP contribution in [0, 0.1) is 0 Å². The molecule has 0 saturated heterocycles. The standard InChI is InChI=1S/2C16H14N.Zr/c2*1-2-12-6-5-7-14-13(12)9-10-15(14)16-8-3-4-11-17-16;/h2*3-9,11,15H,2H2,1H3;. The molecule has 0 fully saturated rings. The summed E-state index contributed by atoms with van der Waals surface area (Å²) < 4.78 is 3.20. The van der Waals surface area contributed by atoms with Crippen LogP contribution >= 0.6 is 0 Å². The van der Waals surface area contributed by atoms with Gasteiger partial charge in [-0.15, -0.1) is 0 Å². The first-order valence-electron chi connectivity index (χ1n) is 12.5. The van der Waals surface area contributed by atoms with Crippen molar-refractivity contribution in [2.45, 2.75) is 38.5 Å². The SMILES string of the molecule is CCc1cccc2c1C=[C]([Zr][C]1=Cc3c(CC)cccc3C1c1ccccn1)C2c1ccccn1. The summed E-state index contributed by atoms with van der Waals surface area (Å²) in [5.74, 6) is 0.535. The number of nitrogens with zero attached hydrogens (tertiary/aromatic N) is 2. The van der Waals surface area contributed by atoms with Gasteiger partial charge < -0.3 is 0 Å². The monoisotopic (exact) mass is 530 g/mol. The van der Waals surface area contributed by atoms with Crippen molar-refractivity contribution in [3.8, 4) is 0 Å². The molecule has 0 N–H and O–H groups in total. The minimum absolute atomic E-state index is 0.268. The van der Waals surface area contributed by atoms with Crippen LogP contribution in [0.5, 0.6) is 0 Å². The Kier molecular flexibility index (Phi) is 6.21. The van der Waals surface area contributed by atoms with Crippen molar-refractivity contribution in [3.05, 3.63) is 137 Å². The van der Waals surface area contributed by atoms with Gasteiger partial charge in [-0.1, -0.05) is 0 Å². The van der Waals surface area contributed by atoms with Crippen molar-refractivity contribution < 1.29 is 23.2 Å². The third kappa shape index (κ3) is 4.01. The fourth-order valence-electron chi connectivity index (χ4n) is 5.66. The van der Waals surface area contributed by atoms with Crippen LogP contribution in [0.15, 0.2) is 91.8 Å². The van der Waals surface area contributed by atoms with Crippen molar-refractivity contribution in [2.24, 2.45) is 0 Å². The van der Waals surface area contributed by atoms with Crippen LogP contribution in [0.3, 0.4) is 0 Å². The van der Waals surface area contributed by atoms with Crippen LogP contribution in [0.25, 0.3) is 12.2 Å². The number of fused-ring (bicyclic) bond motifs is 2. The second-order valence-corrected chi connectivity index (χ2v) is 12.7. The van der Waals surface area contributed by atoms with Gasteiger partial charge >= 0.3 is 220 Å². The van der Waals surface area contributed by atoms with E-state index in [9.17, 15) is 0 Å². The molecular weight excluding hydrogens is 504 g/mol. The Balaban J connectivity index is 1.47. The van der Waals surface area contributed by atoms with Gasteiger partial charge in [-0.3, -0.25) is 0 Å². The van der Waals surface area contributed by atoms with Crippen LogP contribution in [0.4, 0.5) is 0 Å². The van der Waals surface area contributed by atoms with Gasteiger partial charge in [0.2, 0.25) is 0 Å². The van der Waals surface area contributed by atoms with Crippen LogP contribution in [0.1, 0.15) is 70.5 Å². The van der Waals surface area contributed by atoms with Gasteiger partial charge in [0.1, 0.15) is 0 Å². The summed E-state index contributed by atoms with van der Waals surface area (Å²) in [6.07, 6.45) is 11.0. The van der Waals surface area contributed by atoms with Gasteiger partial charge in [0, 0.05) is 0 Å². The van der Waals surface area contributed by atoms with E-state index in [1.807, 2.05) is 24.5 Å². The van der Waals surface area contributed by atoms with Crippen LogP contribution in [-0.4, -0.2) is 9.97 Å². The summed E-state index contributed by atoms with van der Waals surface area (Å²) in [4.78, 5) is 9.68. The molecule has 2 aromatic carbocycles. The van der Waals surface area contributed by atoms with Crippen molar-refractivity contribution in [3.63, 3.8) is 0 Å². The maximum atomic E-state index is 4.84. The summed E-state index contributed by atoms with van der Waals surface area (Å²) in [5.41, 5.74) is 10.9. The molecule has 2 aromatic heterocycles. The second kappa shape index (κ2) is 9.63. The molecule has 2 nitrogen and oxygen atoms in total. The Morgan fingerprint density at radius 3 is 1.49 bits per heavy atom. The van der Waals surface area contributed by atoms with E-state index in [2.05, 4.69) is 86.7 Å². The molecule has 0 saturated carbocycles. The number of aromatic nitrogens is 2. The number of hydrogen-bond donors (Lipinski definition) is 0. The molecule has 2 unspecified atom stereocenters. The topological polar surface area (TPSA) is 25.8 Å². The van der Waals surface area contributed by atoms with Gasteiger partial charge in [0.05, 0.1) is 0 Å². The zero-order valence-electron chi connectivity index (χ0n) is 20.2. The fourth-order valence-corrected chi connectivity index (χ4v) is 9.75. The number of pyridine rings is 2. The van der Waals surface area contributed by atoms with E-state index in [-0.39, 0.29) is 11.8 Å².